The Balaban J connectivity index is 2.56. The van der Waals surface area contributed by atoms with Crippen LogP contribution in [0, 0.1) is 0 Å². The maximum atomic E-state index is 10.7. The van der Waals surface area contributed by atoms with Crippen LogP contribution >= 0.6 is 0 Å². The first-order valence-electron chi connectivity index (χ1n) is 4.09. The Morgan fingerprint density at radius 3 is 2.33 bits per heavy atom. The minimum Gasteiger partial charge on any atom is -0.332 e. The SMILES string of the molecule is CC(=O)Nc1ccc(OOC(N)=O)cc1. The molecule has 0 aliphatic carbocycles. The quantitative estimate of drug-likeness (QED) is 0.575. The van der Waals surface area contributed by atoms with Crippen molar-refractivity contribution in [3.63, 3.8) is 0 Å². The zero-order valence-corrected chi connectivity index (χ0v) is 8.02. The predicted molar refractivity (Wildman–Crippen MR) is 52.0 cm³/mol. The number of benzene rings is 1. The number of nitrogens with two attached hydrogens (primary N) is 1. The van der Waals surface area contributed by atoms with Gasteiger partial charge in [0.2, 0.25) is 5.91 Å². The summed E-state index contributed by atoms with van der Waals surface area (Å²) < 4.78 is 0. The lowest BCUT2D eigenvalue weighted by Crippen LogP contribution is -2.15. The topological polar surface area (TPSA) is 90.7 Å². The Kier molecular flexibility index (Phi) is 3.50. The molecule has 0 aliphatic rings. The standard InChI is InChI=1S/C9H10N2O4/c1-6(12)11-7-2-4-8(5-3-7)14-15-9(10)13/h2-5H,1H3,(H2,10,13)(H,11,12). The molecule has 0 bridgehead atoms. The van der Waals surface area contributed by atoms with Gasteiger partial charge in [-0.05, 0) is 24.3 Å². The van der Waals surface area contributed by atoms with Crippen LogP contribution in [-0.4, -0.2) is 12.0 Å². The third-order valence-corrected chi connectivity index (χ3v) is 1.39. The monoisotopic (exact) mass is 210 g/mol. The average Bonchev–Trinajstić information content (AvgIpc) is 2.16. The van der Waals surface area contributed by atoms with Gasteiger partial charge in [0.25, 0.3) is 0 Å². The van der Waals surface area contributed by atoms with E-state index >= 15 is 0 Å². The zero-order chi connectivity index (χ0) is 11.3. The van der Waals surface area contributed by atoms with Crippen molar-refractivity contribution in [2.75, 3.05) is 5.32 Å². The summed E-state index contributed by atoms with van der Waals surface area (Å²) in [7, 11) is 0. The molecule has 6 heteroatoms. The summed E-state index contributed by atoms with van der Waals surface area (Å²) in [4.78, 5) is 29.5. The third kappa shape index (κ3) is 3.99. The number of carbonyl (C=O) groups excluding carboxylic acids is 2. The van der Waals surface area contributed by atoms with Gasteiger partial charge < -0.3 is 11.1 Å². The number of carbonyl (C=O) groups is 2. The largest absolute Gasteiger partial charge is 0.447 e. The summed E-state index contributed by atoms with van der Waals surface area (Å²) in [6, 6.07) is 6.24. The van der Waals surface area contributed by atoms with E-state index in [1.54, 1.807) is 12.1 Å². The van der Waals surface area contributed by atoms with Gasteiger partial charge >= 0.3 is 6.09 Å². The van der Waals surface area contributed by atoms with E-state index in [0.717, 1.165) is 0 Å². The molecule has 0 fully saturated rings. The van der Waals surface area contributed by atoms with E-state index in [9.17, 15) is 9.59 Å². The van der Waals surface area contributed by atoms with Crippen LogP contribution in [0.1, 0.15) is 6.92 Å². The molecule has 6 nitrogen and oxygen atoms in total. The summed E-state index contributed by atoms with van der Waals surface area (Å²) in [5.74, 6) is 0.139. The third-order valence-electron chi connectivity index (χ3n) is 1.39. The molecule has 0 spiro atoms. The van der Waals surface area contributed by atoms with E-state index in [0.29, 0.717) is 11.4 Å². The summed E-state index contributed by atoms with van der Waals surface area (Å²) >= 11 is 0. The van der Waals surface area contributed by atoms with Gasteiger partial charge in [0.05, 0.1) is 0 Å². The van der Waals surface area contributed by atoms with Crippen LogP contribution in [0.25, 0.3) is 0 Å². The summed E-state index contributed by atoms with van der Waals surface area (Å²) in [6.07, 6.45) is -1.03. The first-order valence-corrected chi connectivity index (χ1v) is 4.09. The van der Waals surface area contributed by atoms with Crippen LogP contribution < -0.4 is 15.9 Å². The number of primary amides is 1. The van der Waals surface area contributed by atoms with Crippen LogP contribution in [0.15, 0.2) is 24.3 Å². The van der Waals surface area contributed by atoms with Crippen molar-refractivity contribution in [2.45, 2.75) is 6.92 Å². The van der Waals surface area contributed by atoms with Crippen molar-refractivity contribution in [3.05, 3.63) is 24.3 Å². The fourth-order valence-corrected chi connectivity index (χ4v) is 0.886. The van der Waals surface area contributed by atoms with Gasteiger partial charge in [0.1, 0.15) is 0 Å². The van der Waals surface area contributed by atoms with E-state index in [1.165, 1.54) is 19.1 Å². The number of hydrogen-bond donors (Lipinski definition) is 2. The fraction of sp³-hybridized carbons (Fsp3) is 0.111. The molecule has 0 saturated carbocycles. The lowest BCUT2D eigenvalue weighted by Gasteiger charge is -2.03. The fourth-order valence-electron chi connectivity index (χ4n) is 0.886. The minimum absolute atomic E-state index is 0.169. The Hall–Kier alpha value is -2.24. The molecule has 0 aromatic heterocycles. The molecule has 0 aliphatic heterocycles. The van der Waals surface area contributed by atoms with E-state index < -0.39 is 6.09 Å². The smallest absolute Gasteiger partial charge is 0.332 e. The predicted octanol–water partition coefficient (Wildman–Crippen LogP) is 1.03. The molecule has 0 heterocycles. The van der Waals surface area contributed by atoms with E-state index in [-0.39, 0.29) is 5.91 Å². The van der Waals surface area contributed by atoms with Gasteiger partial charge in [-0.25, -0.2) is 9.68 Å². The number of rotatable bonds is 3. The molecule has 3 N–H and O–H groups in total. The highest BCUT2D eigenvalue weighted by Crippen LogP contribution is 2.15. The molecule has 1 aromatic rings. The van der Waals surface area contributed by atoms with Gasteiger partial charge in [0.15, 0.2) is 5.75 Å². The number of anilines is 1. The van der Waals surface area contributed by atoms with Crippen molar-refractivity contribution in [1.29, 1.82) is 0 Å². The molecule has 0 atom stereocenters. The van der Waals surface area contributed by atoms with Gasteiger partial charge in [0, 0.05) is 12.6 Å². The van der Waals surface area contributed by atoms with Gasteiger partial charge in [-0.15, -0.1) is 0 Å². The summed E-state index contributed by atoms with van der Waals surface area (Å²) in [5.41, 5.74) is 5.31. The first-order chi connectivity index (χ1) is 7.08. The number of amides is 2. The van der Waals surface area contributed by atoms with Crippen molar-refractivity contribution in [1.82, 2.24) is 0 Å². The number of hydrogen-bond acceptors (Lipinski definition) is 4. The maximum absolute atomic E-state index is 10.7. The highest BCUT2D eigenvalue weighted by Gasteiger charge is 1.99. The van der Waals surface area contributed by atoms with Gasteiger partial charge in [-0.3, -0.25) is 9.68 Å². The van der Waals surface area contributed by atoms with Crippen LogP contribution in [0.5, 0.6) is 5.75 Å². The van der Waals surface area contributed by atoms with E-state index in [4.69, 9.17) is 5.73 Å². The highest BCUT2D eigenvalue weighted by molar-refractivity contribution is 5.88. The van der Waals surface area contributed by atoms with Crippen molar-refractivity contribution in [3.8, 4) is 5.75 Å². The lowest BCUT2D eigenvalue weighted by atomic mass is 10.3. The zero-order valence-electron chi connectivity index (χ0n) is 8.02. The average molecular weight is 210 g/mol. The molecule has 0 radical (unpaired) electrons. The molecular weight excluding hydrogens is 200 g/mol. The maximum Gasteiger partial charge on any atom is 0.447 e. The Labute approximate surface area is 85.9 Å². The molecule has 1 rings (SSSR count). The molecule has 0 saturated heterocycles. The summed E-state index contributed by atoms with van der Waals surface area (Å²) in [6.45, 7) is 1.40. The van der Waals surface area contributed by atoms with Gasteiger partial charge in [-0.2, -0.15) is 0 Å². The molecule has 1 aromatic carbocycles. The molecule has 15 heavy (non-hydrogen) atoms. The Morgan fingerprint density at radius 1 is 1.27 bits per heavy atom. The second-order valence-electron chi connectivity index (χ2n) is 2.69. The number of nitrogens with one attached hydrogen (secondary N) is 1. The van der Waals surface area contributed by atoms with Gasteiger partial charge in [-0.1, -0.05) is 0 Å². The molecule has 2 amide bonds. The van der Waals surface area contributed by atoms with Crippen molar-refractivity contribution >= 4 is 17.7 Å². The van der Waals surface area contributed by atoms with Crippen LogP contribution in [0.4, 0.5) is 10.5 Å². The molecule has 0 unspecified atom stereocenters. The second-order valence-corrected chi connectivity index (χ2v) is 2.69. The lowest BCUT2D eigenvalue weighted by molar-refractivity contribution is -0.138. The van der Waals surface area contributed by atoms with E-state index in [2.05, 4.69) is 15.1 Å². The second kappa shape index (κ2) is 4.85. The van der Waals surface area contributed by atoms with Crippen molar-refractivity contribution < 1.29 is 19.4 Å². The molecule has 80 valence electrons. The van der Waals surface area contributed by atoms with Crippen LogP contribution in [0.2, 0.25) is 0 Å². The van der Waals surface area contributed by atoms with Crippen LogP contribution in [0.3, 0.4) is 0 Å². The summed E-state index contributed by atoms with van der Waals surface area (Å²) in [5, 5.41) is 2.57. The first kappa shape index (κ1) is 10.8. The Bertz CT molecular complexity index is 361. The van der Waals surface area contributed by atoms with E-state index in [1.807, 2.05) is 0 Å². The van der Waals surface area contributed by atoms with Crippen molar-refractivity contribution in [2.24, 2.45) is 5.73 Å². The van der Waals surface area contributed by atoms with Crippen LogP contribution in [-0.2, 0) is 9.68 Å². The minimum atomic E-state index is -1.03. The molecular formula is C9H10N2O4. The highest BCUT2D eigenvalue weighted by atomic mass is 17.2. The normalized spacial score (nSPS) is 9.13. The Morgan fingerprint density at radius 2 is 1.87 bits per heavy atom.